The normalized spacial score (nSPS) is 19.6. The van der Waals surface area contributed by atoms with Gasteiger partial charge < -0.3 is 9.47 Å². The zero-order valence-electron chi connectivity index (χ0n) is 20.2. The van der Waals surface area contributed by atoms with Crippen molar-refractivity contribution in [3.63, 3.8) is 0 Å². The number of piperazine rings is 1. The molecule has 2 fully saturated rings. The quantitative estimate of drug-likeness (QED) is 0.405. The predicted octanol–water partition coefficient (Wildman–Crippen LogP) is 2.81. The molecule has 2 aliphatic rings. The van der Waals surface area contributed by atoms with Gasteiger partial charge in [-0.3, -0.25) is 19.3 Å². The van der Waals surface area contributed by atoms with Gasteiger partial charge in [-0.15, -0.1) is 0 Å². The van der Waals surface area contributed by atoms with Gasteiger partial charge in [-0.1, -0.05) is 37.1 Å². The third-order valence-electron chi connectivity index (χ3n) is 6.37. The maximum atomic E-state index is 13.0. The number of ether oxygens (including phenoxy) is 2. The Morgan fingerprint density at radius 1 is 0.694 bits per heavy atom. The van der Waals surface area contributed by atoms with Crippen LogP contribution in [-0.2, 0) is 42.0 Å². The number of benzene rings is 2. The highest BCUT2D eigenvalue weighted by atomic mass is 16.7. The summed E-state index contributed by atoms with van der Waals surface area (Å²) < 4.78 is 9.40. The van der Waals surface area contributed by atoms with E-state index < -0.39 is 23.8 Å². The van der Waals surface area contributed by atoms with E-state index in [1.807, 2.05) is 0 Å². The summed E-state index contributed by atoms with van der Waals surface area (Å²) >= 11 is 0. The van der Waals surface area contributed by atoms with Crippen LogP contribution in [0.25, 0.3) is 0 Å². The highest BCUT2D eigenvalue weighted by molar-refractivity contribution is 6.35. The van der Waals surface area contributed by atoms with Crippen molar-refractivity contribution < 1.29 is 38.3 Å². The van der Waals surface area contributed by atoms with Crippen molar-refractivity contribution >= 4 is 23.8 Å². The van der Waals surface area contributed by atoms with Gasteiger partial charge >= 0.3 is 23.8 Å². The number of nitrogens with zero attached hydrogens (tertiary/aromatic N) is 2. The van der Waals surface area contributed by atoms with Crippen LogP contribution < -0.4 is 0 Å². The van der Waals surface area contributed by atoms with Crippen LogP contribution in [0.1, 0.15) is 57.5 Å². The molecule has 10 heteroatoms. The molecule has 0 radical (unpaired) electrons. The van der Waals surface area contributed by atoms with Crippen molar-refractivity contribution in [1.82, 2.24) is 10.1 Å². The van der Waals surface area contributed by atoms with Crippen molar-refractivity contribution in [3.05, 3.63) is 70.8 Å². The number of hydrogen-bond donors (Lipinski definition) is 0. The fourth-order valence-corrected chi connectivity index (χ4v) is 4.44. The van der Waals surface area contributed by atoms with E-state index in [0.717, 1.165) is 24.0 Å². The van der Waals surface area contributed by atoms with Gasteiger partial charge in [0.25, 0.3) is 0 Å². The Bertz CT molecular complexity index is 1030. The molecule has 1 saturated carbocycles. The number of hydrogen-bond acceptors (Lipinski definition) is 8. The fraction of sp³-hybridized carbons (Fsp3) is 0.385. The van der Waals surface area contributed by atoms with Crippen LogP contribution in [0.5, 0.6) is 0 Å². The maximum absolute atomic E-state index is 13.0. The summed E-state index contributed by atoms with van der Waals surface area (Å²) in [5, 5.41) is 2.37. The SMILES string of the molecule is COC(=O)c1ccc(CON2C(=O)C(=O)N(OCc3ccc(C(=O)OC)cc3)[C@@H]3CCCC[C@H]32)cc1. The Labute approximate surface area is 208 Å². The minimum Gasteiger partial charge on any atom is -0.465 e. The van der Waals surface area contributed by atoms with Crippen LogP contribution in [0.3, 0.4) is 0 Å². The van der Waals surface area contributed by atoms with Crippen molar-refractivity contribution in [2.45, 2.75) is 51.0 Å². The number of amides is 2. The Kier molecular flexibility index (Phi) is 7.97. The van der Waals surface area contributed by atoms with Gasteiger partial charge in [0.15, 0.2) is 0 Å². The topological polar surface area (TPSA) is 112 Å². The lowest BCUT2D eigenvalue weighted by atomic mass is 9.88. The molecule has 1 aliphatic carbocycles. The van der Waals surface area contributed by atoms with Gasteiger partial charge in [0.05, 0.1) is 37.4 Å². The number of hydroxylamine groups is 4. The summed E-state index contributed by atoms with van der Waals surface area (Å²) in [5.41, 5.74) is 2.30. The van der Waals surface area contributed by atoms with Gasteiger partial charge in [0.2, 0.25) is 0 Å². The van der Waals surface area contributed by atoms with Crippen LogP contribution in [0.2, 0.25) is 0 Å². The largest absolute Gasteiger partial charge is 0.465 e. The summed E-state index contributed by atoms with van der Waals surface area (Å²) in [5.74, 6) is -2.46. The fourth-order valence-electron chi connectivity index (χ4n) is 4.44. The molecular weight excluding hydrogens is 468 g/mol. The van der Waals surface area contributed by atoms with Crippen LogP contribution in [0.4, 0.5) is 0 Å². The Hall–Kier alpha value is -3.76. The van der Waals surface area contributed by atoms with E-state index in [2.05, 4.69) is 0 Å². The number of esters is 2. The second-order valence-electron chi connectivity index (χ2n) is 8.60. The van der Waals surface area contributed by atoms with Crippen LogP contribution >= 0.6 is 0 Å². The third-order valence-corrected chi connectivity index (χ3v) is 6.37. The average Bonchev–Trinajstić information content (AvgIpc) is 2.93. The summed E-state index contributed by atoms with van der Waals surface area (Å²) in [4.78, 5) is 60.8. The Morgan fingerprint density at radius 3 is 1.39 bits per heavy atom. The van der Waals surface area contributed by atoms with Crippen molar-refractivity contribution in [1.29, 1.82) is 0 Å². The van der Waals surface area contributed by atoms with E-state index >= 15 is 0 Å². The smallest absolute Gasteiger partial charge is 0.338 e. The minimum atomic E-state index is -0.787. The van der Waals surface area contributed by atoms with Crippen LogP contribution in [0, 0.1) is 0 Å². The average molecular weight is 497 g/mol. The molecule has 0 N–H and O–H groups in total. The summed E-state index contributed by atoms with van der Waals surface area (Å²) in [7, 11) is 2.62. The number of carbonyl (C=O) groups excluding carboxylic acids is 4. The number of rotatable bonds is 8. The monoisotopic (exact) mass is 496 g/mol. The highest BCUT2D eigenvalue weighted by Gasteiger charge is 2.49. The number of fused-ring (bicyclic) bond motifs is 1. The molecule has 36 heavy (non-hydrogen) atoms. The Morgan fingerprint density at radius 2 is 1.06 bits per heavy atom. The van der Waals surface area contributed by atoms with E-state index in [0.29, 0.717) is 24.0 Å². The van der Waals surface area contributed by atoms with Crippen molar-refractivity contribution in [2.24, 2.45) is 0 Å². The first-order valence-electron chi connectivity index (χ1n) is 11.7. The molecule has 0 spiro atoms. The first-order chi connectivity index (χ1) is 17.4. The molecular formula is C26H28N2O8. The van der Waals surface area contributed by atoms with E-state index in [1.165, 1.54) is 24.3 Å². The zero-order valence-corrected chi connectivity index (χ0v) is 20.2. The van der Waals surface area contributed by atoms with Crippen molar-refractivity contribution in [2.75, 3.05) is 14.2 Å². The third kappa shape index (κ3) is 5.39. The minimum absolute atomic E-state index is 0.0666. The van der Waals surface area contributed by atoms with Gasteiger partial charge in [0, 0.05) is 0 Å². The molecule has 0 aromatic heterocycles. The van der Waals surface area contributed by atoms with Crippen molar-refractivity contribution in [3.8, 4) is 0 Å². The maximum Gasteiger partial charge on any atom is 0.338 e. The standard InChI is InChI=1S/C26H28N2O8/c1-33-25(31)19-11-7-17(8-12-19)15-35-27-21-5-3-4-6-22(21)28(24(30)23(27)29)36-16-18-9-13-20(14-10-18)26(32)34-2/h7-14,21-22H,3-6,15-16H2,1-2H3/t21-,22-/m1/s1. The second-order valence-corrected chi connectivity index (χ2v) is 8.60. The molecule has 2 amide bonds. The lowest BCUT2D eigenvalue weighted by Gasteiger charge is -2.46. The second kappa shape index (κ2) is 11.3. The highest BCUT2D eigenvalue weighted by Crippen LogP contribution is 2.32. The molecule has 1 saturated heterocycles. The summed E-state index contributed by atoms with van der Waals surface area (Å²) in [6.45, 7) is 0.133. The zero-order chi connectivity index (χ0) is 25.7. The van der Waals surface area contributed by atoms with Crippen LogP contribution in [-0.4, -0.2) is 60.2 Å². The van der Waals surface area contributed by atoms with Gasteiger partial charge in [-0.05, 0) is 48.2 Å². The molecule has 2 atom stereocenters. The molecule has 0 bridgehead atoms. The predicted molar refractivity (Wildman–Crippen MR) is 125 cm³/mol. The molecule has 190 valence electrons. The van der Waals surface area contributed by atoms with Gasteiger partial charge in [-0.25, -0.2) is 19.7 Å². The van der Waals surface area contributed by atoms with Gasteiger partial charge in [-0.2, -0.15) is 0 Å². The molecule has 2 aromatic carbocycles. The van der Waals surface area contributed by atoms with E-state index in [9.17, 15) is 19.2 Å². The number of methoxy groups -OCH3 is 2. The van der Waals surface area contributed by atoms with Crippen LogP contribution in [0.15, 0.2) is 48.5 Å². The molecule has 2 aromatic rings. The first-order valence-corrected chi connectivity index (χ1v) is 11.7. The molecule has 1 heterocycles. The van der Waals surface area contributed by atoms with E-state index in [-0.39, 0.29) is 25.3 Å². The lowest BCUT2D eigenvalue weighted by Crippen LogP contribution is -2.65. The number of carbonyl (C=O) groups is 4. The molecule has 4 rings (SSSR count). The first kappa shape index (κ1) is 25.3. The van der Waals surface area contributed by atoms with E-state index in [4.69, 9.17) is 19.1 Å². The Balaban J connectivity index is 1.41. The summed E-state index contributed by atoms with van der Waals surface area (Å²) in [6, 6.07) is 12.6. The molecule has 0 unspecified atom stereocenters. The lowest BCUT2D eigenvalue weighted by molar-refractivity contribution is -0.270. The van der Waals surface area contributed by atoms with Gasteiger partial charge in [0.1, 0.15) is 13.2 Å². The van der Waals surface area contributed by atoms with E-state index in [1.54, 1.807) is 48.5 Å². The molecule has 1 aliphatic heterocycles. The summed E-state index contributed by atoms with van der Waals surface area (Å²) in [6.07, 6.45) is 3.16. The molecule has 10 nitrogen and oxygen atoms in total.